The van der Waals surface area contributed by atoms with Crippen molar-refractivity contribution in [3.8, 4) is 0 Å². The van der Waals surface area contributed by atoms with Gasteiger partial charge in [-0.25, -0.2) is 13.6 Å². The minimum absolute atomic E-state index is 0.114. The van der Waals surface area contributed by atoms with Gasteiger partial charge in [0.25, 0.3) is 5.91 Å². The number of nitrogens with zero attached hydrogens (tertiary/aromatic N) is 2. The molecule has 9 heteroatoms. The van der Waals surface area contributed by atoms with E-state index >= 15 is 0 Å². The minimum Gasteiger partial charge on any atom is -0.465 e. The lowest BCUT2D eigenvalue weighted by atomic mass is 10.1. The second-order valence-electron chi connectivity index (χ2n) is 8.71. The van der Waals surface area contributed by atoms with Crippen LogP contribution in [0.2, 0.25) is 5.02 Å². The normalized spacial score (nSPS) is 14.9. The van der Waals surface area contributed by atoms with Crippen molar-refractivity contribution in [3.05, 3.63) is 106 Å². The van der Waals surface area contributed by atoms with Gasteiger partial charge in [-0.15, -0.1) is 0 Å². The van der Waals surface area contributed by atoms with Gasteiger partial charge in [-0.05, 0) is 54.1 Å². The number of amides is 1. The molecule has 0 unspecified atom stereocenters. The Hall–Kier alpha value is -3.33. The van der Waals surface area contributed by atoms with E-state index < -0.39 is 23.7 Å². The molecule has 1 amide bonds. The predicted molar refractivity (Wildman–Crippen MR) is 135 cm³/mol. The number of benzene rings is 3. The van der Waals surface area contributed by atoms with Crippen LogP contribution in [0.5, 0.6) is 0 Å². The molecule has 0 N–H and O–H groups in total. The van der Waals surface area contributed by atoms with E-state index in [0.717, 1.165) is 5.56 Å². The lowest BCUT2D eigenvalue weighted by Gasteiger charge is -2.36. The van der Waals surface area contributed by atoms with Crippen LogP contribution in [0.1, 0.15) is 37.9 Å². The van der Waals surface area contributed by atoms with E-state index in [1.165, 1.54) is 25.3 Å². The van der Waals surface area contributed by atoms with E-state index in [2.05, 4.69) is 4.90 Å². The smallest absolute Gasteiger partial charge is 0.337 e. The zero-order valence-corrected chi connectivity index (χ0v) is 21.1. The van der Waals surface area contributed by atoms with Crippen LogP contribution in [0, 0.1) is 11.6 Å². The molecule has 0 radical (unpaired) electrons. The van der Waals surface area contributed by atoms with Gasteiger partial charge in [0.2, 0.25) is 0 Å². The van der Waals surface area contributed by atoms with Gasteiger partial charge in [0.05, 0.1) is 25.4 Å². The molecule has 1 atom stereocenters. The molecule has 0 saturated carbocycles. The predicted octanol–water partition coefficient (Wildman–Crippen LogP) is 5.12. The maximum Gasteiger partial charge on any atom is 0.337 e. The third-order valence-corrected chi connectivity index (χ3v) is 6.62. The van der Waals surface area contributed by atoms with Crippen molar-refractivity contribution in [2.45, 2.75) is 12.7 Å². The Kier molecular flexibility index (Phi) is 8.87. The lowest BCUT2D eigenvalue weighted by Crippen LogP contribution is -2.49. The topological polar surface area (TPSA) is 59.1 Å². The zero-order valence-electron chi connectivity index (χ0n) is 20.3. The van der Waals surface area contributed by atoms with Crippen molar-refractivity contribution < 1.29 is 27.8 Å². The summed E-state index contributed by atoms with van der Waals surface area (Å²) in [5.74, 6) is -1.87. The minimum atomic E-state index is -0.651. The molecule has 0 aliphatic carbocycles. The fraction of sp³-hybridized carbons (Fsp3) is 0.286. The molecule has 3 aromatic rings. The van der Waals surface area contributed by atoms with Crippen molar-refractivity contribution in [2.24, 2.45) is 0 Å². The number of piperazine rings is 1. The van der Waals surface area contributed by atoms with Gasteiger partial charge in [-0.3, -0.25) is 9.69 Å². The molecule has 6 nitrogen and oxygen atoms in total. The number of halogens is 3. The Morgan fingerprint density at radius 2 is 1.49 bits per heavy atom. The van der Waals surface area contributed by atoms with Crippen LogP contribution in [0.15, 0.2) is 66.7 Å². The van der Waals surface area contributed by atoms with Crippen molar-refractivity contribution in [1.29, 1.82) is 0 Å². The number of hydrogen-bond acceptors (Lipinski definition) is 5. The Balaban J connectivity index is 1.39. The molecule has 1 aliphatic rings. The number of carbonyl (C=O) groups excluding carboxylic acids is 2. The summed E-state index contributed by atoms with van der Waals surface area (Å²) in [6.07, 6.45) is -0.454. The highest BCUT2D eigenvalue weighted by Crippen LogP contribution is 2.25. The Labute approximate surface area is 219 Å². The molecular formula is C28H27ClF2N2O4. The SMILES string of the molecule is COC(=O)c1ccc(C(=O)N2CCN(C[C@@H](OCc3c(F)cccc3F)c3ccc(Cl)cc3)CC2)cc1. The van der Waals surface area contributed by atoms with Crippen LogP contribution >= 0.6 is 11.6 Å². The summed E-state index contributed by atoms with van der Waals surface area (Å²) < 4.78 is 39.0. The van der Waals surface area contributed by atoms with Crippen LogP contribution in [-0.2, 0) is 16.1 Å². The number of esters is 1. The van der Waals surface area contributed by atoms with E-state index in [1.54, 1.807) is 41.3 Å². The maximum absolute atomic E-state index is 14.1. The van der Waals surface area contributed by atoms with E-state index in [-0.39, 0.29) is 18.1 Å². The quantitative estimate of drug-likeness (QED) is 0.380. The fourth-order valence-electron chi connectivity index (χ4n) is 4.20. The van der Waals surface area contributed by atoms with Gasteiger partial charge in [-0.2, -0.15) is 0 Å². The summed E-state index contributed by atoms with van der Waals surface area (Å²) in [5.41, 5.74) is 1.60. The molecule has 0 spiro atoms. The molecule has 4 rings (SSSR count). The largest absolute Gasteiger partial charge is 0.465 e. The summed E-state index contributed by atoms with van der Waals surface area (Å²) in [7, 11) is 1.31. The number of rotatable bonds is 8. The van der Waals surface area contributed by atoms with Crippen LogP contribution in [-0.4, -0.2) is 61.5 Å². The highest BCUT2D eigenvalue weighted by Gasteiger charge is 2.25. The van der Waals surface area contributed by atoms with Gasteiger partial charge in [-0.1, -0.05) is 29.8 Å². The first-order valence-corrected chi connectivity index (χ1v) is 12.2. The number of carbonyl (C=O) groups is 2. The standard InChI is InChI=1S/C28H27ClF2N2O4/c1-36-28(35)21-7-5-20(6-8-21)27(34)33-15-13-32(14-16-33)17-26(19-9-11-22(29)12-10-19)37-18-23-24(30)3-2-4-25(23)31/h2-12,26H,13-18H2,1H3/t26-/m1/s1. The summed E-state index contributed by atoms with van der Waals surface area (Å²) in [5, 5.41) is 0.578. The fourth-order valence-corrected chi connectivity index (χ4v) is 4.33. The summed E-state index contributed by atoms with van der Waals surface area (Å²) in [6.45, 7) is 2.49. The third-order valence-electron chi connectivity index (χ3n) is 6.37. The average molecular weight is 529 g/mol. The second-order valence-corrected chi connectivity index (χ2v) is 9.15. The van der Waals surface area contributed by atoms with Crippen molar-refractivity contribution in [1.82, 2.24) is 9.80 Å². The molecule has 1 fully saturated rings. The van der Waals surface area contributed by atoms with E-state index in [0.29, 0.717) is 48.9 Å². The summed E-state index contributed by atoms with van der Waals surface area (Å²) in [6, 6.07) is 17.3. The van der Waals surface area contributed by atoms with Crippen LogP contribution < -0.4 is 0 Å². The van der Waals surface area contributed by atoms with Crippen molar-refractivity contribution in [3.63, 3.8) is 0 Å². The molecule has 194 valence electrons. The number of hydrogen-bond donors (Lipinski definition) is 0. The second kappa shape index (κ2) is 12.3. The Morgan fingerprint density at radius 3 is 2.08 bits per heavy atom. The molecule has 1 aliphatic heterocycles. The van der Waals surface area contributed by atoms with E-state index in [4.69, 9.17) is 21.1 Å². The number of methoxy groups -OCH3 is 1. The summed E-state index contributed by atoms with van der Waals surface area (Å²) in [4.78, 5) is 28.5. The zero-order chi connectivity index (χ0) is 26.4. The monoisotopic (exact) mass is 528 g/mol. The molecule has 1 heterocycles. The third kappa shape index (κ3) is 6.71. The molecule has 3 aromatic carbocycles. The van der Waals surface area contributed by atoms with Crippen LogP contribution in [0.25, 0.3) is 0 Å². The molecule has 1 saturated heterocycles. The Morgan fingerprint density at radius 1 is 0.892 bits per heavy atom. The highest BCUT2D eigenvalue weighted by atomic mass is 35.5. The van der Waals surface area contributed by atoms with Crippen molar-refractivity contribution in [2.75, 3.05) is 39.8 Å². The molecule has 37 heavy (non-hydrogen) atoms. The summed E-state index contributed by atoms with van der Waals surface area (Å²) >= 11 is 6.04. The average Bonchev–Trinajstić information content (AvgIpc) is 2.92. The molecule has 0 bridgehead atoms. The van der Waals surface area contributed by atoms with E-state index in [9.17, 15) is 18.4 Å². The first kappa shape index (κ1) is 26.7. The van der Waals surface area contributed by atoms with Crippen molar-refractivity contribution >= 4 is 23.5 Å². The highest BCUT2D eigenvalue weighted by molar-refractivity contribution is 6.30. The first-order chi connectivity index (χ1) is 17.9. The van der Waals surface area contributed by atoms with Gasteiger partial charge >= 0.3 is 5.97 Å². The van der Waals surface area contributed by atoms with Crippen LogP contribution in [0.3, 0.4) is 0 Å². The van der Waals surface area contributed by atoms with Gasteiger partial charge in [0, 0.05) is 48.9 Å². The van der Waals surface area contributed by atoms with Crippen LogP contribution in [0.4, 0.5) is 8.78 Å². The van der Waals surface area contributed by atoms with Gasteiger partial charge < -0.3 is 14.4 Å². The molecule has 0 aromatic heterocycles. The number of ether oxygens (including phenoxy) is 2. The maximum atomic E-state index is 14.1. The van der Waals surface area contributed by atoms with E-state index in [1.807, 2.05) is 12.1 Å². The first-order valence-electron chi connectivity index (χ1n) is 11.9. The Bertz CT molecular complexity index is 1210. The molecular weight excluding hydrogens is 502 g/mol. The van der Waals surface area contributed by atoms with Gasteiger partial charge in [0.15, 0.2) is 0 Å². The van der Waals surface area contributed by atoms with Gasteiger partial charge in [0.1, 0.15) is 11.6 Å². The lowest BCUT2D eigenvalue weighted by molar-refractivity contribution is 0.00144.